The maximum absolute atomic E-state index is 8.54. The van der Waals surface area contributed by atoms with Crippen LogP contribution in [0.3, 0.4) is 0 Å². The van der Waals surface area contributed by atoms with Crippen LogP contribution >= 0.6 is 0 Å². The zero-order valence-electron chi connectivity index (χ0n) is 9.36. The highest BCUT2D eigenvalue weighted by Crippen LogP contribution is 2.09. The van der Waals surface area contributed by atoms with Crippen molar-refractivity contribution in [3.8, 4) is 0 Å². The normalized spacial score (nSPS) is 20.3. The fourth-order valence-corrected chi connectivity index (χ4v) is 3.08. The summed E-state index contributed by atoms with van der Waals surface area (Å²) in [5.41, 5.74) is 0.965. The van der Waals surface area contributed by atoms with E-state index in [1.807, 2.05) is 30.3 Å². The quantitative estimate of drug-likeness (QED) is 0.742. The van der Waals surface area contributed by atoms with Crippen LogP contribution in [-0.4, -0.2) is 20.8 Å². The van der Waals surface area contributed by atoms with E-state index in [9.17, 15) is 0 Å². The second kappa shape index (κ2) is 7.62. The maximum atomic E-state index is 8.54. The first kappa shape index (κ1) is 12.4. The molecule has 1 unspecified atom stereocenters. The smallest absolute Gasteiger partial charge is 0.173 e. The molecule has 1 aliphatic rings. The number of hydrogen-bond donors (Lipinski definition) is 1. The van der Waals surface area contributed by atoms with Crippen molar-refractivity contribution >= 4 is 9.04 Å². The first-order valence-corrected chi connectivity index (χ1v) is 8.03. The van der Waals surface area contributed by atoms with Gasteiger partial charge in [0.2, 0.25) is 0 Å². The van der Waals surface area contributed by atoms with Gasteiger partial charge in [-0.05, 0) is 24.6 Å². The van der Waals surface area contributed by atoms with Gasteiger partial charge in [0.15, 0.2) is 9.04 Å². The van der Waals surface area contributed by atoms with Crippen LogP contribution in [0.4, 0.5) is 0 Å². The molecule has 1 atom stereocenters. The van der Waals surface area contributed by atoms with Gasteiger partial charge >= 0.3 is 0 Å². The SMILES string of the molecule is C[SiH]1CCCCO1.OCc1ccccc1. The molecule has 0 saturated carbocycles. The summed E-state index contributed by atoms with van der Waals surface area (Å²) >= 11 is 0. The molecular weight excluding hydrogens is 204 g/mol. The highest BCUT2D eigenvalue weighted by atomic mass is 28.3. The van der Waals surface area contributed by atoms with Gasteiger partial charge in [-0.25, -0.2) is 0 Å². The molecule has 2 nitrogen and oxygen atoms in total. The first-order chi connectivity index (χ1) is 7.33. The maximum Gasteiger partial charge on any atom is 0.173 e. The number of benzene rings is 1. The Kier molecular flexibility index (Phi) is 6.32. The fraction of sp³-hybridized carbons (Fsp3) is 0.500. The summed E-state index contributed by atoms with van der Waals surface area (Å²) < 4.78 is 5.42. The topological polar surface area (TPSA) is 29.5 Å². The third-order valence-electron chi connectivity index (χ3n) is 2.43. The fourth-order valence-electron chi connectivity index (χ4n) is 1.49. The summed E-state index contributed by atoms with van der Waals surface area (Å²) in [6, 6.07) is 10.9. The lowest BCUT2D eigenvalue weighted by Crippen LogP contribution is -2.18. The van der Waals surface area contributed by atoms with E-state index in [2.05, 4.69) is 6.55 Å². The van der Waals surface area contributed by atoms with Crippen LogP contribution in [0.5, 0.6) is 0 Å². The van der Waals surface area contributed by atoms with Crippen molar-refractivity contribution in [3.63, 3.8) is 0 Å². The Hall–Kier alpha value is -0.643. The predicted octanol–water partition coefficient (Wildman–Crippen LogP) is 2.33. The zero-order valence-corrected chi connectivity index (χ0v) is 10.5. The first-order valence-electron chi connectivity index (χ1n) is 5.59. The molecule has 2 rings (SSSR count). The standard InChI is InChI=1S/C7H8O.C5H12OSi/c8-6-7-4-2-1-3-5-7;1-7-5-3-2-4-6-7/h1-5,8H,6H2;7H,2-5H2,1H3. The van der Waals surface area contributed by atoms with Crippen molar-refractivity contribution in [2.75, 3.05) is 6.61 Å². The monoisotopic (exact) mass is 224 g/mol. The van der Waals surface area contributed by atoms with E-state index in [1.54, 1.807) is 0 Å². The summed E-state index contributed by atoms with van der Waals surface area (Å²) in [7, 11) is -0.595. The number of aliphatic hydroxyl groups is 1. The molecule has 1 aromatic carbocycles. The zero-order chi connectivity index (χ0) is 10.9. The van der Waals surface area contributed by atoms with Gasteiger partial charge in [-0.1, -0.05) is 36.8 Å². The van der Waals surface area contributed by atoms with Crippen molar-refractivity contribution in [1.82, 2.24) is 0 Å². The van der Waals surface area contributed by atoms with E-state index < -0.39 is 9.04 Å². The van der Waals surface area contributed by atoms with Gasteiger partial charge in [0.1, 0.15) is 0 Å². The molecule has 1 N–H and O–H groups in total. The number of hydrogen-bond acceptors (Lipinski definition) is 2. The van der Waals surface area contributed by atoms with Crippen molar-refractivity contribution in [2.24, 2.45) is 0 Å². The van der Waals surface area contributed by atoms with E-state index in [0.29, 0.717) is 0 Å². The van der Waals surface area contributed by atoms with Crippen LogP contribution in [0, 0.1) is 0 Å². The molecule has 0 spiro atoms. The largest absolute Gasteiger partial charge is 0.420 e. The summed E-state index contributed by atoms with van der Waals surface area (Å²) in [6.07, 6.45) is 2.73. The lowest BCUT2D eigenvalue weighted by atomic mass is 10.2. The molecule has 1 heterocycles. The molecule has 0 bridgehead atoms. The highest BCUT2D eigenvalue weighted by Gasteiger charge is 2.08. The van der Waals surface area contributed by atoms with E-state index in [1.165, 1.54) is 18.9 Å². The lowest BCUT2D eigenvalue weighted by molar-refractivity contribution is 0.282. The average molecular weight is 224 g/mol. The van der Waals surface area contributed by atoms with Gasteiger partial charge in [0.05, 0.1) is 6.61 Å². The van der Waals surface area contributed by atoms with E-state index in [-0.39, 0.29) is 6.61 Å². The molecule has 1 fully saturated rings. The number of aliphatic hydroxyl groups excluding tert-OH is 1. The minimum absolute atomic E-state index is 0.140. The van der Waals surface area contributed by atoms with Gasteiger partial charge in [-0.2, -0.15) is 0 Å². The molecule has 1 aromatic rings. The molecule has 84 valence electrons. The predicted molar refractivity (Wildman–Crippen MR) is 65.4 cm³/mol. The summed E-state index contributed by atoms with van der Waals surface area (Å²) in [5.74, 6) is 0. The molecule has 15 heavy (non-hydrogen) atoms. The molecule has 1 saturated heterocycles. The van der Waals surface area contributed by atoms with Crippen LogP contribution in [0.25, 0.3) is 0 Å². The minimum atomic E-state index is -0.595. The Morgan fingerprint density at radius 1 is 1.27 bits per heavy atom. The molecule has 0 aliphatic carbocycles. The second-order valence-electron chi connectivity index (χ2n) is 3.82. The minimum Gasteiger partial charge on any atom is -0.420 e. The van der Waals surface area contributed by atoms with Crippen LogP contribution in [0.2, 0.25) is 12.6 Å². The van der Waals surface area contributed by atoms with Gasteiger partial charge in [0.25, 0.3) is 0 Å². The van der Waals surface area contributed by atoms with Gasteiger partial charge < -0.3 is 9.53 Å². The van der Waals surface area contributed by atoms with Crippen molar-refractivity contribution in [1.29, 1.82) is 0 Å². The van der Waals surface area contributed by atoms with Crippen LogP contribution in [0.1, 0.15) is 18.4 Å². The van der Waals surface area contributed by atoms with E-state index in [0.717, 1.165) is 12.2 Å². The highest BCUT2D eigenvalue weighted by molar-refractivity contribution is 6.50. The molecule has 1 aliphatic heterocycles. The Morgan fingerprint density at radius 2 is 2.00 bits per heavy atom. The van der Waals surface area contributed by atoms with Gasteiger partial charge in [-0.15, -0.1) is 0 Å². The van der Waals surface area contributed by atoms with Gasteiger partial charge in [0, 0.05) is 6.61 Å². The molecule has 0 aromatic heterocycles. The summed E-state index contributed by atoms with van der Waals surface area (Å²) in [5, 5.41) is 8.54. The molecule has 0 amide bonds. The van der Waals surface area contributed by atoms with Crippen LogP contribution in [0.15, 0.2) is 30.3 Å². The van der Waals surface area contributed by atoms with E-state index >= 15 is 0 Å². The third kappa shape index (κ3) is 5.72. The molecular formula is C12H20O2Si. The Balaban J connectivity index is 0.000000151. The lowest BCUT2D eigenvalue weighted by Gasteiger charge is -2.16. The average Bonchev–Trinajstić information content (AvgIpc) is 2.32. The number of rotatable bonds is 1. The van der Waals surface area contributed by atoms with E-state index in [4.69, 9.17) is 9.53 Å². The molecule has 0 radical (unpaired) electrons. The third-order valence-corrected chi connectivity index (χ3v) is 4.46. The van der Waals surface area contributed by atoms with Crippen molar-refractivity contribution in [3.05, 3.63) is 35.9 Å². The summed E-state index contributed by atoms with van der Waals surface area (Å²) in [4.78, 5) is 0. The summed E-state index contributed by atoms with van der Waals surface area (Å²) in [6.45, 7) is 3.47. The van der Waals surface area contributed by atoms with Crippen LogP contribution < -0.4 is 0 Å². The van der Waals surface area contributed by atoms with Crippen LogP contribution in [-0.2, 0) is 11.0 Å². The van der Waals surface area contributed by atoms with Gasteiger partial charge in [-0.3, -0.25) is 0 Å². The Morgan fingerprint density at radius 3 is 2.33 bits per heavy atom. The van der Waals surface area contributed by atoms with Crippen molar-refractivity contribution < 1.29 is 9.53 Å². The molecule has 3 heteroatoms. The van der Waals surface area contributed by atoms with Crippen molar-refractivity contribution in [2.45, 2.75) is 32.0 Å². The Labute approximate surface area is 93.6 Å². The second-order valence-corrected chi connectivity index (χ2v) is 6.35. The Bertz CT molecular complexity index is 245.